The Morgan fingerprint density at radius 1 is 1.39 bits per heavy atom. The summed E-state index contributed by atoms with van der Waals surface area (Å²) in [7, 11) is 0. The molecule has 0 bridgehead atoms. The zero-order valence-electron chi connectivity index (χ0n) is 12.6. The Morgan fingerprint density at radius 2 is 2.22 bits per heavy atom. The van der Waals surface area contributed by atoms with Gasteiger partial charge in [-0.2, -0.15) is 23.4 Å². The first-order chi connectivity index (χ1) is 11.0. The van der Waals surface area contributed by atoms with Gasteiger partial charge in [0.25, 0.3) is 0 Å². The van der Waals surface area contributed by atoms with Crippen molar-refractivity contribution in [2.75, 3.05) is 13.1 Å². The lowest BCUT2D eigenvalue weighted by Crippen LogP contribution is -2.36. The summed E-state index contributed by atoms with van der Waals surface area (Å²) >= 11 is 0. The van der Waals surface area contributed by atoms with Crippen LogP contribution in [0.2, 0.25) is 0 Å². The second-order valence-electron chi connectivity index (χ2n) is 5.72. The van der Waals surface area contributed by atoms with Gasteiger partial charge in [-0.3, -0.25) is 9.58 Å². The molecule has 1 unspecified atom stereocenters. The fourth-order valence-corrected chi connectivity index (χ4v) is 2.90. The number of alkyl halides is 3. The minimum atomic E-state index is -4.39. The maximum absolute atomic E-state index is 12.7. The van der Waals surface area contributed by atoms with Gasteiger partial charge in [-0.05, 0) is 25.5 Å². The molecule has 5 nitrogen and oxygen atoms in total. The number of likely N-dealkylation sites (tertiary alicyclic amines) is 1. The van der Waals surface area contributed by atoms with Crippen LogP contribution in [0.25, 0.3) is 6.20 Å². The van der Waals surface area contributed by atoms with E-state index in [1.165, 1.54) is 10.9 Å². The van der Waals surface area contributed by atoms with Gasteiger partial charge in [-0.1, -0.05) is 6.58 Å². The summed E-state index contributed by atoms with van der Waals surface area (Å²) in [5.74, 6) is 0. The van der Waals surface area contributed by atoms with Gasteiger partial charge in [0.1, 0.15) is 0 Å². The van der Waals surface area contributed by atoms with Crippen LogP contribution >= 0.6 is 0 Å². The number of nitrogens with zero attached hydrogens (tertiary/aromatic N) is 5. The lowest BCUT2D eigenvalue weighted by Gasteiger charge is -2.32. The predicted molar refractivity (Wildman–Crippen MR) is 79.4 cm³/mol. The molecule has 8 heteroatoms. The van der Waals surface area contributed by atoms with E-state index in [-0.39, 0.29) is 6.04 Å². The van der Waals surface area contributed by atoms with Crippen molar-refractivity contribution >= 4 is 6.20 Å². The smallest absolute Gasteiger partial charge is 0.297 e. The lowest BCUT2D eigenvalue weighted by molar-refractivity contribution is -0.141. The quantitative estimate of drug-likeness (QED) is 0.867. The molecule has 124 valence electrons. The van der Waals surface area contributed by atoms with Gasteiger partial charge in [0, 0.05) is 37.2 Å². The van der Waals surface area contributed by atoms with Crippen LogP contribution in [-0.4, -0.2) is 37.6 Å². The molecular formula is C15H18F3N5. The van der Waals surface area contributed by atoms with E-state index in [2.05, 4.69) is 21.7 Å². The van der Waals surface area contributed by atoms with E-state index >= 15 is 0 Å². The first-order valence-corrected chi connectivity index (χ1v) is 7.46. The number of aromatic nitrogens is 4. The Bertz CT molecular complexity index is 673. The number of rotatable bonds is 4. The maximum atomic E-state index is 12.7. The van der Waals surface area contributed by atoms with Crippen LogP contribution in [0.5, 0.6) is 0 Å². The van der Waals surface area contributed by atoms with Gasteiger partial charge in [0.15, 0.2) is 5.69 Å². The fraction of sp³-hybridized carbons (Fsp3) is 0.467. The molecule has 1 aliphatic rings. The van der Waals surface area contributed by atoms with Crippen LogP contribution in [0, 0.1) is 0 Å². The summed E-state index contributed by atoms with van der Waals surface area (Å²) in [5, 5.41) is 7.84. The number of piperidine rings is 1. The first-order valence-electron chi connectivity index (χ1n) is 7.46. The van der Waals surface area contributed by atoms with E-state index in [9.17, 15) is 13.2 Å². The summed E-state index contributed by atoms with van der Waals surface area (Å²) in [6.45, 7) is 5.97. The molecule has 3 rings (SSSR count). The molecule has 1 atom stereocenters. The highest BCUT2D eigenvalue weighted by molar-refractivity contribution is 5.17. The minimum absolute atomic E-state index is 0.0331. The highest BCUT2D eigenvalue weighted by Crippen LogP contribution is 2.29. The zero-order valence-corrected chi connectivity index (χ0v) is 12.6. The molecule has 2 aromatic rings. The van der Waals surface area contributed by atoms with Crippen LogP contribution in [0.4, 0.5) is 13.2 Å². The molecular weight excluding hydrogens is 307 g/mol. The Morgan fingerprint density at radius 3 is 2.87 bits per heavy atom. The van der Waals surface area contributed by atoms with Crippen molar-refractivity contribution in [2.24, 2.45) is 0 Å². The van der Waals surface area contributed by atoms with Crippen molar-refractivity contribution in [2.45, 2.75) is 31.6 Å². The lowest BCUT2D eigenvalue weighted by atomic mass is 10.1. The number of hydrogen-bond donors (Lipinski definition) is 0. The number of halogens is 3. The second-order valence-corrected chi connectivity index (χ2v) is 5.72. The maximum Gasteiger partial charge on any atom is 0.435 e. The molecule has 0 N–H and O–H groups in total. The summed E-state index contributed by atoms with van der Waals surface area (Å²) in [4.78, 5) is 2.22. The monoisotopic (exact) mass is 325 g/mol. The first kappa shape index (κ1) is 15.8. The van der Waals surface area contributed by atoms with Crippen LogP contribution in [0.3, 0.4) is 0 Å². The van der Waals surface area contributed by atoms with Gasteiger partial charge in [0.2, 0.25) is 0 Å². The van der Waals surface area contributed by atoms with E-state index in [0.717, 1.165) is 37.6 Å². The summed E-state index contributed by atoms with van der Waals surface area (Å²) in [5.41, 5.74) is 0.226. The van der Waals surface area contributed by atoms with Crippen molar-refractivity contribution < 1.29 is 13.2 Å². The van der Waals surface area contributed by atoms with Crippen molar-refractivity contribution in [1.29, 1.82) is 0 Å². The van der Waals surface area contributed by atoms with Crippen molar-refractivity contribution in [3.05, 3.63) is 42.5 Å². The normalized spacial score (nSPS) is 19.9. The molecule has 0 spiro atoms. The molecule has 1 fully saturated rings. The third kappa shape index (κ3) is 3.64. The highest BCUT2D eigenvalue weighted by Gasteiger charge is 2.34. The Labute approximate surface area is 132 Å². The van der Waals surface area contributed by atoms with Crippen molar-refractivity contribution in [1.82, 2.24) is 24.5 Å². The molecule has 23 heavy (non-hydrogen) atoms. The molecule has 0 radical (unpaired) electrons. The Hall–Kier alpha value is -2.09. The third-order valence-corrected chi connectivity index (χ3v) is 4.00. The summed E-state index contributed by atoms with van der Waals surface area (Å²) < 4.78 is 41.1. The molecule has 2 aromatic heterocycles. The van der Waals surface area contributed by atoms with Crippen LogP contribution < -0.4 is 0 Å². The van der Waals surface area contributed by atoms with E-state index in [1.54, 1.807) is 17.1 Å². The summed E-state index contributed by atoms with van der Waals surface area (Å²) in [6, 6.07) is 1.00. The molecule has 0 saturated carbocycles. The van der Waals surface area contributed by atoms with Gasteiger partial charge in [0.05, 0.1) is 12.2 Å². The molecule has 0 amide bonds. The van der Waals surface area contributed by atoms with Gasteiger partial charge in [-0.25, -0.2) is 4.68 Å². The van der Waals surface area contributed by atoms with Gasteiger partial charge >= 0.3 is 6.18 Å². The standard InChI is InChI=1S/C15H18F3N5/c1-2-22-10-12(8-19-22)9-21-6-3-4-13(11-21)23-7-5-14(20-23)15(16,17)18/h2,5,7-8,10,13H,1,3-4,6,9,11H2. The largest absolute Gasteiger partial charge is 0.435 e. The van der Waals surface area contributed by atoms with Crippen LogP contribution in [-0.2, 0) is 12.7 Å². The molecule has 0 aliphatic carbocycles. The molecule has 0 aromatic carbocycles. The molecule has 1 saturated heterocycles. The van der Waals surface area contributed by atoms with Crippen LogP contribution in [0.1, 0.15) is 30.1 Å². The van der Waals surface area contributed by atoms with Crippen molar-refractivity contribution in [3.63, 3.8) is 0 Å². The van der Waals surface area contributed by atoms with Gasteiger partial charge < -0.3 is 0 Å². The molecule has 1 aliphatic heterocycles. The van der Waals surface area contributed by atoms with E-state index < -0.39 is 11.9 Å². The number of hydrogen-bond acceptors (Lipinski definition) is 3. The zero-order chi connectivity index (χ0) is 16.4. The van der Waals surface area contributed by atoms with Crippen molar-refractivity contribution in [3.8, 4) is 0 Å². The Balaban J connectivity index is 1.66. The molecule has 3 heterocycles. The van der Waals surface area contributed by atoms with E-state index in [0.29, 0.717) is 6.54 Å². The predicted octanol–water partition coefficient (Wildman–Crippen LogP) is 3.04. The van der Waals surface area contributed by atoms with Crippen LogP contribution in [0.15, 0.2) is 31.2 Å². The average molecular weight is 325 g/mol. The SMILES string of the molecule is C=Cn1cc(CN2CCCC(n3ccc(C(F)(F)F)n3)C2)cn1. The fourth-order valence-electron chi connectivity index (χ4n) is 2.90. The van der Waals surface area contributed by atoms with E-state index in [1.807, 2.05) is 6.20 Å². The third-order valence-electron chi connectivity index (χ3n) is 4.00. The summed E-state index contributed by atoms with van der Waals surface area (Å²) in [6.07, 6.45) is 4.09. The van der Waals surface area contributed by atoms with E-state index in [4.69, 9.17) is 0 Å². The highest BCUT2D eigenvalue weighted by atomic mass is 19.4. The second kappa shape index (κ2) is 6.19. The minimum Gasteiger partial charge on any atom is -0.297 e. The Kier molecular flexibility index (Phi) is 4.25. The topological polar surface area (TPSA) is 38.9 Å². The average Bonchev–Trinajstić information content (AvgIpc) is 3.16. The van der Waals surface area contributed by atoms with Gasteiger partial charge in [-0.15, -0.1) is 0 Å².